The number of benzene rings is 3. The van der Waals surface area contributed by atoms with Gasteiger partial charge in [-0.15, -0.1) is 0 Å². The predicted octanol–water partition coefficient (Wildman–Crippen LogP) is 5.69. The van der Waals surface area contributed by atoms with Crippen LogP contribution in [0, 0.1) is 5.82 Å². The van der Waals surface area contributed by atoms with Crippen LogP contribution in [0.2, 0.25) is 0 Å². The van der Waals surface area contributed by atoms with E-state index in [1.165, 1.54) is 6.07 Å². The van der Waals surface area contributed by atoms with Crippen molar-refractivity contribution in [2.24, 2.45) is 0 Å². The number of hydrogen-bond donors (Lipinski definition) is 1. The molecule has 0 heterocycles. The number of hydrogen-bond acceptors (Lipinski definition) is 2. The van der Waals surface area contributed by atoms with Crippen LogP contribution in [0.5, 0.6) is 0 Å². The van der Waals surface area contributed by atoms with Crippen LogP contribution in [0.25, 0.3) is 0 Å². The van der Waals surface area contributed by atoms with Crippen LogP contribution < -0.4 is 5.32 Å². The minimum atomic E-state index is -0.737. The van der Waals surface area contributed by atoms with Gasteiger partial charge in [-0.25, -0.2) is 4.39 Å². The zero-order valence-corrected chi connectivity index (χ0v) is 21.1. The van der Waals surface area contributed by atoms with Crippen molar-refractivity contribution >= 4 is 27.7 Å². The zero-order valence-electron chi connectivity index (χ0n) is 19.5. The predicted molar refractivity (Wildman–Crippen MR) is 137 cm³/mol. The highest BCUT2D eigenvalue weighted by Gasteiger charge is 2.31. The summed E-state index contributed by atoms with van der Waals surface area (Å²) in [7, 11) is 0. The second-order valence-corrected chi connectivity index (χ2v) is 9.36. The fraction of sp³-hybridized carbons (Fsp3) is 0.286. The normalized spacial score (nSPS) is 12.6. The summed E-state index contributed by atoms with van der Waals surface area (Å²) in [6.45, 7) is 4.18. The van der Waals surface area contributed by atoms with E-state index in [0.29, 0.717) is 12.0 Å². The van der Waals surface area contributed by atoms with Gasteiger partial charge < -0.3 is 10.2 Å². The van der Waals surface area contributed by atoms with Gasteiger partial charge in [0, 0.05) is 23.5 Å². The van der Waals surface area contributed by atoms with Crippen LogP contribution in [-0.4, -0.2) is 28.8 Å². The highest BCUT2D eigenvalue weighted by molar-refractivity contribution is 9.10. The molecule has 0 saturated carbocycles. The van der Waals surface area contributed by atoms with Gasteiger partial charge in [0.25, 0.3) is 0 Å². The molecular formula is C28H30BrFN2O2. The number of carbonyl (C=O) groups excluding carboxylic acids is 2. The Hall–Kier alpha value is -2.99. The first kappa shape index (κ1) is 25.6. The minimum Gasteiger partial charge on any atom is -0.352 e. The standard InChI is InChI=1S/C28H30BrFN2O2/c1-3-20(2)31-28(34)26(17-21-9-5-4-6-10-21)32(19-22-13-15-24(29)16-14-22)27(33)18-23-11-7-8-12-25(23)30/h4-16,20,26H,3,17-19H2,1-2H3,(H,31,34)/t20-,26-/m0/s1. The van der Waals surface area contributed by atoms with Gasteiger partial charge in [-0.1, -0.05) is 83.5 Å². The smallest absolute Gasteiger partial charge is 0.243 e. The van der Waals surface area contributed by atoms with Crippen molar-refractivity contribution in [1.82, 2.24) is 10.2 Å². The maximum atomic E-state index is 14.4. The molecule has 0 bridgehead atoms. The number of halogens is 2. The molecule has 178 valence electrons. The molecule has 0 radical (unpaired) electrons. The van der Waals surface area contributed by atoms with Crippen LogP contribution in [0.15, 0.2) is 83.3 Å². The summed E-state index contributed by atoms with van der Waals surface area (Å²) >= 11 is 3.44. The van der Waals surface area contributed by atoms with Crippen molar-refractivity contribution in [2.75, 3.05) is 0 Å². The summed E-state index contributed by atoms with van der Waals surface area (Å²) in [6.07, 6.45) is 1.02. The average Bonchev–Trinajstić information content (AvgIpc) is 2.84. The molecule has 0 aromatic heterocycles. The van der Waals surface area contributed by atoms with Crippen LogP contribution in [0.4, 0.5) is 4.39 Å². The molecule has 4 nitrogen and oxygen atoms in total. The molecule has 0 aliphatic carbocycles. The van der Waals surface area contributed by atoms with Gasteiger partial charge in [0.2, 0.25) is 11.8 Å². The third-order valence-electron chi connectivity index (χ3n) is 5.84. The van der Waals surface area contributed by atoms with E-state index in [-0.39, 0.29) is 30.8 Å². The van der Waals surface area contributed by atoms with Crippen molar-refractivity contribution in [2.45, 2.75) is 51.7 Å². The zero-order chi connectivity index (χ0) is 24.5. The summed E-state index contributed by atoms with van der Waals surface area (Å²) in [5.41, 5.74) is 2.15. The number of amides is 2. The molecule has 3 aromatic carbocycles. The molecule has 34 heavy (non-hydrogen) atoms. The van der Waals surface area contributed by atoms with Gasteiger partial charge in [0.1, 0.15) is 11.9 Å². The molecule has 2 atom stereocenters. The molecule has 0 fully saturated rings. The lowest BCUT2D eigenvalue weighted by atomic mass is 10.0. The average molecular weight is 525 g/mol. The van der Waals surface area contributed by atoms with E-state index in [9.17, 15) is 14.0 Å². The molecule has 6 heteroatoms. The molecule has 1 N–H and O–H groups in total. The van der Waals surface area contributed by atoms with E-state index >= 15 is 0 Å². The Morgan fingerprint density at radius 3 is 2.24 bits per heavy atom. The lowest BCUT2D eigenvalue weighted by Crippen LogP contribution is -2.52. The van der Waals surface area contributed by atoms with Gasteiger partial charge in [-0.3, -0.25) is 9.59 Å². The Morgan fingerprint density at radius 1 is 0.941 bits per heavy atom. The minimum absolute atomic E-state index is 0.0260. The topological polar surface area (TPSA) is 49.4 Å². The Bertz CT molecular complexity index is 1090. The summed E-state index contributed by atoms with van der Waals surface area (Å²) < 4.78 is 15.3. The Morgan fingerprint density at radius 2 is 1.59 bits per heavy atom. The number of nitrogens with zero attached hydrogens (tertiary/aromatic N) is 1. The maximum Gasteiger partial charge on any atom is 0.243 e. The number of nitrogens with one attached hydrogen (secondary N) is 1. The highest BCUT2D eigenvalue weighted by Crippen LogP contribution is 2.19. The summed E-state index contributed by atoms with van der Waals surface area (Å²) in [4.78, 5) is 28.6. The van der Waals surface area contributed by atoms with E-state index in [4.69, 9.17) is 0 Å². The molecule has 0 saturated heterocycles. The summed E-state index contributed by atoms with van der Waals surface area (Å²) in [6, 6.07) is 22.8. The number of rotatable bonds is 10. The van der Waals surface area contributed by atoms with Gasteiger partial charge in [-0.2, -0.15) is 0 Å². The van der Waals surface area contributed by atoms with Crippen LogP contribution in [-0.2, 0) is 29.0 Å². The van der Waals surface area contributed by atoms with Crippen LogP contribution in [0.3, 0.4) is 0 Å². The van der Waals surface area contributed by atoms with Crippen molar-refractivity contribution < 1.29 is 14.0 Å². The quantitative estimate of drug-likeness (QED) is 0.370. The first-order valence-corrected chi connectivity index (χ1v) is 12.3. The lowest BCUT2D eigenvalue weighted by Gasteiger charge is -2.32. The molecule has 0 aliphatic heterocycles. The summed E-state index contributed by atoms with van der Waals surface area (Å²) in [5, 5.41) is 3.04. The second-order valence-electron chi connectivity index (χ2n) is 8.44. The molecule has 0 aliphatic rings. The first-order valence-electron chi connectivity index (χ1n) is 11.5. The van der Waals surface area contributed by atoms with Gasteiger partial charge >= 0.3 is 0 Å². The van der Waals surface area contributed by atoms with Gasteiger partial charge in [-0.05, 0) is 48.2 Å². The first-order chi connectivity index (χ1) is 16.4. The molecule has 0 spiro atoms. The van der Waals surface area contributed by atoms with Gasteiger partial charge in [0.15, 0.2) is 0 Å². The lowest BCUT2D eigenvalue weighted by molar-refractivity contribution is -0.141. The second kappa shape index (κ2) is 12.5. The van der Waals surface area contributed by atoms with Crippen LogP contribution in [0.1, 0.15) is 37.0 Å². The largest absolute Gasteiger partial charge is 0.352 e. The SMILES string of the molecule is CC[C@H](C)NC(=O)[C@H](Cc1ccccc1)N(Cc1ccc(Br)cc1)C(=O)Cc1ccccc1F. The Kier molecular flexibility index (Phi) is 9.40. The summed E-state index contributed by atoms with van der Waals surface area (Å²) in [5.74, 6) is -0.937. The van der Waals surface area contributed by atoms with Crippen molar-refractivity contribution in [3.8, 4) is 0 Å². The van der Waals surface area contributed by atoms with Crippen molar-refractivity contribution in [3.63, 3.8) is 0 Å². The Balaban J connectivity index is 1.97. The van der Waals surface area contributed by atoms with Gasteiger partial charge in [0.05, 0.1) is 6.42 Å². The third-order valence-corrected chi connectivity index (χ3v) is 6.37. The molecular weight excluding hydrogens is 495 g/mol. The van der Waals surface area contributed by atoms with E-state index in [1.54, 1.807) is 23.1 Å². The fourth-order valence-electron chi connectivity index (χ4n) is 3.69. The third kappa shape index (κ3) is 7.26. The Labute approximate surface area is 209 Å². The van der Waals surface area contributed by atoms with Crippen molar-refractivity contribution in [1.29, 1.82) is 0 Å². The van der Waals surface area contributed by atoms with E-state index in [2.05, 4.69) is 21.2 Å². The number of carbonyl (C=O) groups is 2. The molecule has 2 amide bonds. The molecule has 3 rings (SSSR count). The highest BCUT2D eigenvalue weighted by atomic mass is 79.9. The molecule has 3 aromatic rings. The van der Waals surface area contributed by atoms with E-state index in [0.717, 1.165) is 22.0 Å². The fourth-order valence-corrected chi connectivity index (χ4v) is 3.95. The van der Waals surface area contributed by atoms with E-state index < -0.39 is 11.9 Å². The monoisotopic (exact) mass is 524 g/mol. The van der Waals surface area contributed by atoms with Crippen molar-refractivity contribution in [3.05, 3.63) is 106 Å². The maximum absolute atomic E-state index is 14.4. The van der Waals surface area contributed by atoms with Crippen LogP contribution >= 0.6 is 15.9 Å². The van der Waals surface area contributed by atoms with E-state index in [1.807, 2.05) is 68.4 Å². The molecule has 0 unspecified atom stereocenters.